The minimum absolute atomic E-state index is 0.184. The number of primary amides is 1. The van der Waals surface area contributed by atoms with E-state index < -0.39 is 5.91 Å². The van der Waals surface area contributed by atoms with Gasteiger partial charge >= 0.3 is 0 Å². The summed E-state index contributed by atoms with van der Waals surface area (Å²) in [5.41, 5.74) is 6.71. The van der Waals surface area contributed by atoms with Gasteiger partial charge in [-0.1, -0.05) is 12.1 Å². The second kappa shape index (κ2) is 3.42. The average molecular weight is 195 g/mol. The summed E-state index contributed by atoms with van der Waals surface area (Å²) in [6.07, 6.45) is 0. The molecule has 0 aliphatic rings. The highest BCUT2D eigenvalue weighted by molar-refractivity contribution is 7.81. The summed E-state index contributed by atoms with van der Waals surface area (Å²) in [5.74, 6) is -0.400. The number of carbonyl (C=O) groups is 1. The van der Waals surface area contributed by atoms with Crippen molar-refractivity contribution in [1.82, 2.24) is 0 Å². The minimum Gasteiger partial charge on any atom is -0.366 e. The van der Waals surface area contributed by atoms with Gasteiger partial charge in [-0.05, 0) is 31.5 Å². The highest BCUT2D eigenvalue weighted by Gasteiger charge is 2.14. The standard InChI is InChI=1S/C10H13NOS/c1-10(2,13)8-5-3-7(4-6-8)9(11)12/h3-6,13H,1-2H3,(H2,11,12). The Balaban J connectivity index is 3.01. The molecule has 0 unspecified atom stereocenters. The smallest absolute Gasteiger partial charge is 0.248 e. The van der Waals surface area contributed by atoms with Crippen molar-refractivity contribution in [2.75, 3.05) is 0 Å². The Bertz CT molecular complexity index is 311. The minimum atomic E-state index is -0.400. The summed E-state index contributed by atoms with van der Waals surface area (Å²) in [6.45, 7) is 3.99. The Hall–Kier alpha value is -0.960. The van der Waals surface area contributed by atoms with Gasteiger partial charge in [-0.2, -0.15) is 12.6 Å². The molecule has 0 saturated heterocycles. The van der Waals surface area contributed by atoms with Crippen molar-refractivity contribution in [3.63, 3.8) is 0 Å². The van der Waals surface area contributed by atoms with Crippen LogP contribution in [0.25, 0.3) is 0 Å². The highest BCUT2D eigenvalue weighted by atomic mass is 32.1. The van der Waals surface area contributed by atoms with Gasteiger partial charge < -0.3 is 5.73 Å². The van der Waals surface area contributed by atoms with E-state index in [-0.39, 0.29) is 4.75 Å². The lowest BCUT2D eigenvalue weighted by Crippen LogP contribution is -2.12. The van der Waals surface area contributed by atoms with Gasteiger partial charge in [0.2, 0.25) is 5.91 Å². The third kappa shape index (κ3) is 2.49. The van der Waals surface area contributed by atoms with Crippen LogP contribution in [0.3, 0.4) is 0 Å². The maximum Gasteiger partial charge on any atom is 0.248 e. The largest absolute Gasteiger partial charge is 0.366 e. The molecule has 0 bridgehead atoms. The van der Waals surface area contributed by atoms with Crippen LogP contribution in [0, 0.1) is 0 Å². The fourth-order valence-electron chi connectivity index (χ4n) is 1.04. The maximum absolute atomic E-state index is 10.8. The Labute approximate surface area is 83.5 Å². The molecule has 3 heteroatoms. The van der Waals surface area contributed by atoms with E-state index >= 15 is 0 Å². The summed E-state index contributed by atoms with van der Waals surface area (Å²) < 4.78 is -0.184. The van der Waals surface area contributed by atoms with Crippen LogP contribution in [-0.4, -0.2) is 5.91 Å². The lowest BCUT2D eigenvalue weighted by Gasteiger charge is -2.17. The summed E-state index contributed by atoms with van der Waals surface area (Å²) in [5, 5.41) is 0. The molecular formula is C10H13NOS. The summed E-state index contributed by atoms with van der Waals surface area (Å²) in [6, 6.07) is 7.17. The van der Waals surface area contributed by atoms with Crippen LogP contribution in [0.4, 0.5) is 0 Å². The molecule has 1 amide bonds. The first-order chi connectivity index (χ1) is 5.91. The monoisotopic (exact) mass is 195 g/mol. The van der Waals surface area contributed by atoms with Crippen LogP contribution < -0.4 is 5.73 Å². The molecule has 2 N–H and O–H groups in total. The molecule has 0 aromatic heterocycles. The number of nitrogens with two attached hydrogens (primary N) is 1. The zero-order valence-electron chi connectivity index (χ0n) is 7.74. The predicted molar refractivity (Wildman–Crippen MR) is 57.0 cm³/mol. The van der Waals surface area contributed by atoms with E-state index in [0.717, 1.165) is 5.56 Å². The van der Waals surface area contributed by atoms with Gasteiger partial charge in [-0.3, -0.25) is 4.79 Å². The van der Waals surface area contributed by atoms with Gasteiger partial charge in [-0.15, -0.1) is 0 Å². The van der Waals surface area contributed by atoms with Crippen LogP contribution in [0.15, 0.2) is 24.3 Å². The zero-order valence-corrected chi connectivity index (χ0v) is 8.64. The molecule has 2 nitrogen and oxygen atoms in total. The van der Waals surface area contributed by atoms with Crippen LogP contribution >= 0.6 is 12.6 Å². The third-order valence-corrected chi connectivity index (χ3v) is 2.13. The number of carbonyl (C=O) groups excluding carboxylic acids is 1. The van der Waals surface area contributed by atoms with E-state index in [9.17, 15) is 4.79 Å². The SMILES string of the molecule is CC(C)(S)c1ccc(C(N)=O)cc1. The molecule has 0 aliphatic heterocycles. The number of thiol groups is 1. The maximum atomic E-state index is 10.8. The second-order valence-electron chi connectivity index (χ2n) is 3.50. The third-order valence-electron chi connectivity index (χ3n) is 1.88. The lowest BCUT2D eigenvalue weighted by atomic mass is 10.0. The average Bonchev–Trinajstić information content (AvgIpc) is 2.03. The molecule has 0 heterocycles. The second-order valence-corrected chi connectivity index (χ2v) is 4.62. The van der Waals surface area contributed by atoms with Crippen LogP contribution in [0.5, 0.6) is 0 Å². The zero-order chi connectivity index (χ0) is 10.1. The fourth-order valence-corrected chi connectivity index (χ4v) is 1.19. The fraction of sp³-hybridized carbons (Fsp3) is 0.300. The van der Waals surface area contributed by atoms with E-state index in [1.165, 1.54) is 0 Å². The Kier molecular flexibility index (Phi) is 2.66. The number of hydrogen-bond acceptors (Lipinski definition) is 2. The van der Waals surface area contributed by atoms with Gasteiger partial charge in [0, 0.05) is 10.3 Å². The summed E-state index contributed by atoms with van der Waals surface area (Å²) in [4.78, 5) is 10.8. The first-order valence-electron chi connectivity index (χ1n) is 4.04. The van der Waals surface area contributed by atoms with E-state index in [4.69, 9.17) is 5.73 Å². The molecule has 13 heavy (non-hydrogen) atoms. The molecule has 0 aliphatic carbocycles. The first kappa shape index (κ1) is 10.1. The molecule has 0 spiro atoms. The number of hydrogen-bond donors (Lipinski definition) is 2. The van der Waals surface area contributed by atoms with Crippen LogP contribution in [-0.2, 0) is 4.75 Å². The molecule has 0 saturated carbocycles. The number of benzene rings is 1. The van der Waals surface area contributed by atoms with E-state index in [1.54, 1.807) is 12.1 Å². The van der Waals surface area contributed by atoms with Crippen LogP contribution in [0.2, 0.25) is 0 Å². The summed E-state index contributed by atoms with van der Waals surface area (Å²) in [7, 11) is 0. The Morgan fingerprint density at radius 3 is 2.08 bits per heavy atom. The molecule has 1 aromatic carbocycles. The molecular weight excluding hydrogens is 182 g/mol. The number of amides is 1. The molecule has 0 radical (unpaired) electrons. The molecule has 70 valence electrons. The van der Waals surface area contributed by atoms with Crippen molar-refractivity contribution in [2.24, 2.45) is 5.73 Å². The predicted octanol–water partition coefficient (Wildman–Crippen LogP) is 1.95. The van der Waals surface area contributed by atoms with Crippen molar-refractivity contribution in [3.05, 3.63) is 35.4 Å². The topological polar surface area (TPSA) is 43.1 Å². The van der Waals surface area contributed by atoms with Crippen molar-refractivity contribution in [2.45, 2.75) is 18.6 Å². The van der Waals surface area contributed by atoms with Gasteiger partial charge in [0.25, 0.3) is 0 Å². The van der Waals surface area contributed by atoms with Crippen molar-refractivity contribution >= 4 is 18.5 Å². The molecule has 1 aromatic rings. The van der Waals surface area contributed by atoms with E-state index in [2.05, 4.69) is 12.6 Å². The van der Waals surface area contributed by atoms with Crippen molar-refractivity contribution < 1.29 is 4.79 Å². The molecule has 0 fully saturated rings. The summed E-state index contributed by atoms with van der Waals surface area (Å²) >= 11 is 4.41. The normalized spacial score (nSPS) is 11.3. The van der Waals surface area contributed by atoms with E-state index in [0.29, 0.717) is 5.56 Å². The van der Waals surface area contributed by atoms with Gasteiger partial charge in [0.05, 0.1) is 0 Å². The lowest BCUT2D eigenvalue weighted by molar-refractivity contribution is 0.100. The first-order valence-corrected chi connectivity index (χ1v) is 4.48. The molecule has 1 rings (SSSR count). The number of rotatable bonds is 2. The molecule has 0 atom stereocenters. The Morgan fingerprint density at radius 1 is 1.31 bits per heavy atom. The van der Waals surface area contributed by atoms with Gasteiger partial charge in [0.1, 0.15) is 0 Å². The van der Waals surface area contributed by atoms with Crippen molar-refractivity contribution in [3.8, 4) is 0 Å². The highest BCUT2D eigenvalue weighted by Crippen LogP contribution is 2.26. The van der Waals surface area contributed by atoms with Gasteiger partial charge in [0.15, 0.2) is 0 Å². The van der Waals surface area contributed by atoms with Crippen LogP contribution in [0.1, 0.15) is 29.8 Å². The van der Waals surface area contributed by atoms with Crippen molar-refractivity contribution in [1.29, 1.82) is 0 Å². The quantitative estimate of drug-likeness (QED) is 0.696. The van der Waals surface area contributed by atoms with E-state index in [1.807, 2.05) is 26.0 Å². The Morgan fingerprint density at radius 2 is 1.77 bits per heavy atom. The van der Waals surface area contributed by atoms with Gasteiger partial charge in [-0.25, -0.2) is 0 Å².